The highest BCUT2D eigenvalue weighted by Gasteiger charge is 2.11. The molecular formula is C12H12BrFN2O. The van der Waals surface area contributed by atoms with Crippen molar-refractivity contribution in [1.29, 1.82) is 0 Å². The molecule has 2 aromatic rings. The van der Waals surface area contributed by atoms with Crippen molar-refractivity contribution in [2.45, 2.75) is 12.5 Å². The monoisotopic (exact) mass is 298 g/mol. The second-order valence-corrected chi connectivity index (χ2v) is 4.86. The van der Waals surface area contributed by atoms with Crippen LogP contribution in [0.25, 0.3) is 0 Å². The van der Waals surface area contributed by atoms with Crippen molar-refractivity contribution in [3.63, 3.8) is 0 Å². The first-order valence-electron chi connectivity index (χ1n) is 5.16. The van der Waals surface area contributed by atoms with E-state index in [1.165, 1.54) is 12.1 Å². The van der Waals surface area contributed by atoms with Crippen LogP contribution >= 0.6 is 15.9 Å². The lowest BCUT2D eigenvalue weighted by Crippen LogP contribution is -2.01. The summed E-state index contributed by atoms with van der Waals surface area (Å²) >= 11 is 3.23. The minimum absolute atomic E-state index is 0.312. The number of hydrogen-bond donors (Lipinski definition) is 1. The molecule has 1 unspecified atom stereocenters. The molecule has 0 aliphatic rings. The van der Waals surface area contributed by atoms with Gasteiger partial charge in [0.05, 0.1) is 12.3 Å². The van der Waals surface area contributed by atoms with Gasteiger partial charge in [-0.1, -0.05) is 15.9 Å². The van der Waals surface area contributed by atoms with E-state index in [9.17, 15) is 9.50 Å². The predicted molar refractivity (Wildman–Crippen MR) is 66.0 cm³/mol. The summed E-state index contributed by atoms with van der Waals surface area (Å²) in [4.78, 5) is 0. The fourth-order valence-corrected chi connectivity index (χ4v) is 2.19. The lowest BCUT2D eigenvalue weighted by molar-refractivity contribution is 0.178. The first-order chi connectivity index (χ1) is 8.04. The molecular weight excluding hydrogens is 287 g/mol. The average Bonchev–Trinajstić information content (AvgIpc) is 2.63. The molecule has 17 heavy (non-hydrogen) atoms. The molecule has 0 bridgehead atoms. The third-order valence-corrected chi connectivity index (χ3v) is 2.92. The van der Waals surface area contributed by atoms with Crippen molar-refractivity contribution in [3.05, 3.63) is 52.0 Å². The van der Waals surface area contributed by atoms with E-state index in [2.05, 4.69) is 21.0 Å². The summed E-state index contributed by atoms with van der Waals surface area (Å²) < 4.78 is 15.5. The van der Waals surface area contributed by atoms with Crippen molar-refractivity contribution in [2.24, 2.45) is 7.05 Å². The Balaban J connectivity index is 2.15. The molecule has 2 rings (SSSR count). The molecule has 5 heteroatoms. The minimum atomic E-state index is -0.669. The van der Waals surface area contributed by atoms with E-state index in [4.69, 9.17) is 0 Å². The van der Waals surface area contributed by atoms with Gasteiger partial charge in [0.2, 0.25) is 0 Å². The number of aliphatic hydroxyl groups is 1. The molecule has 0 saturated heterocycles. The lowest BCUT2D eigenvalue weighted by atomic mass is 10.0. The Hall–Kier alpha value is -1.20. The highest BCUT2D eigenvalue weighted by Crippen LogP contribution is 2.21. The van der Waals surface area contributed by atoms with Gasteiger partial charge in [0.25, 0.3) is 0 Å². The average molecular weight is 299 g/mol. The van der Waals surface area contributed by atoms with Gasteiger partial charge in [-0.15, -0.1) is 0 Å². The van der Waals surface area contributed by atoms with Crippen molar-refractivity contribution in [3.8, 4) is 0 Å². The fraction of sp³-hybridized carbons (Fsp3) is 0.250. The SMILES string of the molecule is Cn1cc(C(O)Cc2cc(F)cc(Br)c2)cn1. The van der Waals surface area contributed by atoms with Gasteiger partial charge in [-0.05, 0) is 23.8 Å². The number of rotatable bonds is 3. The van der Waals surface area contributed by atoms with Gasteiger partial charge < -0.3 is 5.11 Å². The summed E-state index contributed by atoms with van der Waals surface area (Å²) in [6.45, 7) is 0. The van der Waals surface area contributed by atoms with Crippen LogP contribution in [0, 0.1) is 5.82 Å². The Morgan fingerprint density at radius 1 is 1.47 bits per heavy atom. The zero-order valence-electron chi connectivity index (χ0n) is 9.27. The van der Waals surface area contributed by atoms with E-state index in [0.717, 1.165) is 11.1 Å². The third-order valence-electron chi connectivity index (χ3n) is 2.46. The van der Waals surface area contributed by atoms with Gasteiger partial charge in [0.15, 0.2) is 0 Å². The Bertz CT molecular complexity index is 507. The van der Waals surface area contributed by atoms with Crippen LogP contribution in [0.4, 0.5) is 4.39 Å². The van der Waals surface area contributed by atoms with Crippen LogP contribution < -0.4 is 0 Å². The zero-order valence-corrected chi connectivity index (χ0v) is 10.9. The predicted octanol–water partition coefficient (Wildman–Crippen LogP) is 2.60. The molecule has 0 amide bonds. The summed E-state index contributed by atoms with van der Waals surface area (Å²) in [5.41, 5.74) is 1.47. The zero-order chi connectivity index (χ0) is 12.4. The van der Waals surface area contributed by atoms with E-state index in [1.54, 1.807) is 30.2 Å². The Labute approximate surface area is 107 Å². The molecule has 0 saturated carbocycles. The molecule has 1 aromatic heterocycles. The number of aryl methyl sites for hydroxylation is 1. The molecule has 90 valence electrons. The number of aromatic nitrogens is 2. The van der Waals surface area contributed by atoms with Crippen molar-refractivity contribution < 1.29 is 9.50 Å². The standard InChI is InChI=1S/C12H12BrFN2O/c1-16-7-9(6-15-16)12(17)4-8-2-10(13)5-11(14)3-8/h2-3,5-7,12,17H,4H2,1H3. The van der Waals surface area contributed by atoms with Crippen LogP contribution in [0.2, 0.25) is 0 Å². The van der Waals surface area contributed by atoms with Gasteiger partial charge in [0.1, 0.15) is 5.82 Å². The molecule has 0 fully saturated rings. The quantitative estimate of drug-likeness (QED) is 0.946. The van der Waals surface area contributed by atoms with Gasteiger partial charge >= 0.3 is 0 Å². The molecule has 0 spiro atoms. The maximum atomic E-state index is 13.2. The minimum Gasteiger partial charge on any atom is -0.388 e. The maximum Gasteiger partial charge on any atom is 0.124 e. The van der Waals surface area contributed by atoms with Crippen LogP contribution in [-0.2, 0) is 13.5 Å². The number of nitrogens with zero attached hydrogens (tertiary/aromatic N) is 2. The number of halogens is 2. The molecule has 1 aromatic carbocycles. The highest BCUT2D eigenvalue weighted by molar-refractivity contribution is 9.10. The van der Waals surface area contributed by atoms with Gasteiger partial charge in [-0.25, -0.2) is 4.39 Å². The first kappa shape index (κ1) is 12.3. The molecule has 1 N–H and O–H groups in total. The largest absolute Gasteiger partial charge is 0.388 e. The maximum absolute atomic E-state index is 13.2. The second kappa shape index (κ2) is 4.98. The molecule has 1 atom stereocenters. The van der Waals surface area contributed by atoms with E-state index in [-0.39, 0.29) is 5.82 Å². The summed E-state index contributed by atoms with van der Waals surface area (Å²) in [7, 11) is 1.79. The van der Waals surface area contributed by atoms with Gasteiger partial charge in [0, 0.05) is 29.7 Å². The summed E-state index contributed by atoms with van der Waals surface area (Å²) in [5.74, 6) is -0.312. The third kappa shape index (κ3) is 3.14. The van der Waals surface area contributed by atoms with Crippen molar-refractivity contribution >= 4 is 15.9 Å². The summed E-state index contributed by atoms with van der Waals surface area (Å²) in [5, 5.41) is 14.0. The number of hydrogen-bond acceptors (Lipinski definition) is 2. The topological polar surface area (TPSA) is 38.0 Å². The molecule has 1 heterocycles. The summed E-state index contributed by atoms with van der Waals surface area (Å²) in [6, 6.07) is 4.60. The van der Waals surface area contributed by atoms with Crippen LogP contribution in [0.5, 0.6) is 0 Å². The molecule has 3 nitrogen and oxygen atoms in total. The van der Waals surface area contributed by atoms with E-state index < -0.39 is 6.10 Å². The van der Waals surface area contributed by atoms with Gasteiger partial charge in [-0.3, -0.25) is 4.68 Å². The lowest BCUT2D eigenvalue weighted by Gasteiger charge is -2.08. The van der Waals surface area contributed by atoms with E-state index in [1.807, 2.05) is 0 Å². The van der Waals surface area contributed by atoms with Crippen LogP contribution in [0.15, 0.2) is 35.1 Å². The van der Waals surface area contributed by atoms with E-state index >= 15 is 0 Å². The molecule has 0 aliphatic heterocycles. The van der Waals surface area contributed by atoms with Crippen molar-refractivity contribution in [2.75, 3.05) is 0 Å². The van der Waals surface area contributed by atoms with Crippen molar-refractivity contribution in [1.82, 2.24) is 9.78 Å². The van der Waals surface area contributed by atoms with E-state index in [0.29, 0.717) is 10.9 Å². The number of aliphatic hydroxyl groups excluding tert-OH is 1. The Kier molecular flexibility index (Phi) is 3.59. The van der Waals surface area contributed by atoms with Crippen LogP contribution in [-0.4, -0.2) is 14.9 Å². The summed E-state index contributed by atoms with van der Waals surface area (Å²) in [6.07, 6.45) is 3.05. The first-order valence-corrected chi connectivity index (χ1v) is 5.95. The Morgan fingerprint density at radius 2 is 2.24 bits per heavy atom. The smallest absolute Gasteiger partial charge is 0.124 e. The highest BCUT2D eigenvalue weighted by atomic mass is 79.9. The fourth-order valence-electron chi connectivity index (χ4n) is 1.68. The normalized spacial score (nSPS) is 12.7. The second-order valence-electron chi connectivity index (χ2n) is 3.94. The van der Waals surface area contributed by atoms with Crippen LogP contribution in [0.1, 0.15) is 17.2 Å². The van der Waals surface area contributed by atoms with Gasteiger partial charge in [-0.2, -0.15) is 5.10 Å². The van der Waals surface area contributed by atoms with Crippen LogP contribution in [0.3, 0.4) is 0 Å². The molecule has 0 aliphatic carbocycles. The number of benzene rings is 1. The molecule has 0 radical (unpaired) electrons. The Morgan fingerprint density at radius 3 is 2.82 bits per heavy atom.